The Labute approximate surface area is 156 Å². The van der Waals surface area contributed by atoms with E-state index >= 15 is 0 Å². The van der Waals surface area contributed by atoms with Crippen molar-refractivity contribution >= 4 is 15.9 Å². The van der Waals surface area contributed by atoms with Crippen LogP contribution in [-0.4, -0.2) is 51.9 Å². The molecule has 1 aromatic carbocycles. The van der Waals surface area contributed by atoms with E-state index in [2.05, 4.69) is 10.0 Å². The van der Waals surface area contributed by atoms with E-state index in [1.54, 1.807) is 12.1 Å². The Morgan fingerprint density at radius 3 is 2.58 bits per heavy atom. The Balaban J connectivity index is 1.50. The number of aryl methyl sites for hydroxylation is 1. The zero-order chi connectivity index (χ0) is 18.6. The lowest BCUT2D eigenvalue weighted by Gasteiger charge is -2.32. The van der Waals surface area contributed by atoms with E-state index < -0.39 is 10.0 Å². The molecule has 2 fully saturated rings. The molecular formula is C19H29N3O3S. The van der Waals surface area contributed by atoms with Crippen molar-refractivity contribution in [2.45, 2.75) is 49.5 Å². The van der Waals surface area contributed by atoms with Gasteiger partial charge in [0.1, 0.15) is 0 Å². The molecule has 1 amide bonds. The summed E-state index contributed by atoms with van der Waals surface area (Å²) in [5.74, 6) is 0.735. The molecule has 1 heterocycles. The second kappa shape index (κ2) is 8.50. The van der Waals surface area contributed by atoms with Gasteiger partial charge < -0.3 is 10.2 Å². The third kappa shape index (κ3) is 5.28. The minimum absolute atomic E-state index is 0.105. The lowest BCUT2D eigenvalue weighted by atomic mass is 9.97. The molecule has 1 aromatic rings. The van der Waals surface area contributed by atoms with Crippen LogP contribution in [0.25, 0.3) is 0 Å². The third-order valence-electron chi connectivity index (χ3n) is 5.12. The third-order valence-corrected chi connectivity index (χ3v) is 6.66. The van der Waals surface area contributed by atoms with Crippen LogP contribution in [0, 0.1) is 5.92 Å². The number of benzene rings is 1. The maximum atomic E-state index is 12.5. The number of carbonyl (C=O) groups is 1. The lowest BCUT2D eigenvalue weighted by molar-refractivity contribution is -0.132. The van der Waals surface area contributed by atoms with Crippen LogP contribution >= 0.6 is 0 Å². The van der Waals surface area contributed by atoms with E-state index in [0.29, 0.717) is 23.7 Å². The Kier molecular flexibility index (Phi) is 6.32. The number of hydrogen-bond acceptors (Lipinski definition) is 4. The average molecular weight is 380 g/mol. The molecule has 1 atom stereocenters. The number of piperidine rings is 1. The molecule has 0 aromatic heterocycles. The van der Waals surface area contributed by atoms with Crippen LogP contribution in [-0.2, 0) is 21.2 Å². The number of carbonyl (C=O) groups excluding carboxylic acids is 1. The zero-order valence-electron chi connectivity index (χ0n) is 15.4. The predicted molar refractivity (Wildman–Crippen MR) is 101 cm³/mol. The second-order valence-electron chi connectivity index (χ2n) is 7.45. The van der Waals surface area contributed by atoms with Crippen molar-refractivity contribution in [2.75, 3.05) is 26.7 Å². The summed E-state index contributed by atoms with van der Waals surface area (Å²) >= 11 is 0. The van der Waals surface area contributed by atoms with Gasteiger partial charge in [0, 0.05) is 25.6 Å². The van der Waals surface area contributed by atoms with E-state index in [1.165, 1.54) is 6.42 Å². The highest BCUT2D eigenvalue weighted by atomic mass is 32.2. The fraction of sp³-hybridized carbons (Fsp3) is 0.632. The first kappa shape index (κ1) is 19.3. The summed E-state index contributed by atoms with van der Waals surface area (Å²) < 4.78 is 27.0. The number of nitrogens with zero attached hydrogens (tertiary/aromatic N) is 1. The summed E-state index contributed by atoms with van der Waals surface area (Å²) in [6.45, 7) is 2.64. The maximum absolute atomic E-state index is 12.5. The van der Waals surface area contributed by atoms with Crippen molar-refractivity contribution in [3.63, 3.8) is 0 Å². The highest BCUT2D eigenvalue weighted by Gasteiger charge is 2.28. The van der Waals surface area contributed by atoms with Gasteiger partial charge in [-0.25, -0.2) is 13.1 Å². The van der Waals surface area contributed by atoms with Gasteiger partial charge in [-0.2, -0.15) is 0 Å². The highest BCUT2D eigenvalue weighted by molar-refractivity contribution is 7.89. The van der Waals surface area contributed by atoms with Crippen LogP contribution in [0.5, 0.6) is 0 Å². The van der Waals surface area contributed by atoms with Crippen molar-refractivity contribution in [2.24, 2.45) is 5.92 Å². The molecule has 26 heavy (non-hydrogen) atoms. The number of sulfonamides is 1. The second-order valence-corrected chi connectivity index (χ2v) is 9.16. The topological polar surface area (TPSA) is 78.5 Å². The molecule has 0 spiro atoms. The average Bonchev–Trinajstić information content (AvgIpc) is 3.44. The Bertz CT molecular complexity index is 712. The number of nitrogens with one attached hydrogen (secondary N) is 2. The monoisotopic (exact) mass is 379 g/mol. The zero-order valence-corrected chi connectivity index (χ0v) is 16.2. The number of likely N-dealkylation sites (tertiary alicyclic amines) is 1. The minimum Gasteiger partial charge on any atom is -0.342 e. The van der Waals surface area contributed by atoms with Crippen LogP contribution in [0.2, 0.25) is 0 Å². The summed E-state index contributed by atoms with van der Waals surface area (Å²) in [6.07, 6.45) is 5.20. The fourth-order valence-corrected chi connectivity index (χ4v) is 4.79. The lowest BCUT2D eigenvalue weighted by Crippen LogP contribution is -2.42. The van der Waals surface area contributed by atoms with Crippen LogP contribution in [0.15, 0.2) is 29.2 Å². The summed E-state index contributed by atoms with van der Waals surface area (Å²) in [7, 11) is -1.46. The predicted octanol–water partition coefficient (Wildman–Crippen LogP) is 1.52. The molecule has 144 valence electrons. The molecule has 0 radical (unpaired) electrons. The van der Waals surface area contributed by atoms with Gasteiger partial charge in [-0.1, -0.05) is 12.1 Å². The van der Waals surface area contributed by atoms with Gasteiger partial charge in [-0.15, -0.1) is 0 Å². The normalized spacial score (nSPS) is 21.0. The molecule has 2 aliphatic rings. The van der Waals surface area contributed by atoms with Crippen LogP contribution in [0.4, 0.5) is 0 Å². The van der Waals surface area contributed by atoms with Gasteiger partial charge in [0.25, 0.3) is 0 Å². The number of hydrogen-bond donors (Lipinski definition) is 2. The molecule has 0 bridgehead atoms. The van der Waals surface area contributed by atoms with Gasteiger partial charge in [0.15, 0.2) is 0 Å². The summed E-state index contributed by atoms with van der Waals surface area (Å²) in [6, 6.07) is 7.00. The molecule has 2 N–H and O–H groups in total. The first-order valence-corrected chi connectivity index (χ1v) is 11.0. The van der Waals surface area contributed by atoms with E-state index in [9.17, 15) is 13.2 Å². The molecule has 6 nitrogen and oxygen atoms in total. The number of amides is 1. The van der Waals surface area contributed by atoms with Gasteiger partial charge in [0.05, 0.1) is 4.90 Å². The van der Waals surface area contributed by atoms with Crippen LogP contribution in [0.3, 0.4) is 0 Å². The van der Waals surface area contributed by atoms with Crippen molar-refractivity contribution in [1.82, 2.24) is 14.9 Å². The van der Waals surface area contributed by atoms with E-state index in [1.807, 2.05) is 24.1 Å². The van der Waals surface area contributed by atoms with E-state index in [0.717, 1.165) is 44.5 Å². The Morgan fingerprint density at radius 2 is 1.92 bits per heavy atom. The summed E-state index contributed by atoms with van der Waals surface area (Å²) in [4.78, 5) is 14.7. The molecule has 1 aliphatic carbocycles. The molecule has 1 aliphatic heterocycles. The quantitative estimate of drug-likeness (QED) is 0.718. The first-order valence-electron chi connectivity index (χ1n) is 9.51. The standard InChI is InChI=1S/C19H29N3O3S/c1-20-13-16-3-2-12-22(14-16)19(23)11-6-15-4-9-18(10-5-15)26(24,25)21-17-7-8-17/h4-5,9-10,16-17,20-21H,2-3,6-8,11-14H2,1H3. The van der Waals surface area contributed by atoms with Gasteiger partial charge in [-0.3, -0.25) is 4.79 Å². The van der Waals surface area contributed by atoms with Crippen LogP contribution < -0.4 is 10.0 Å². The van der Waals surface area contributed by atoms with Crippen molar-refractivity contribution in [3.05, 3.63) is 29.8 Å². The largest absolute Gasteiger partial charge is 0.342 e. The maximum Gasteiger partial charge on any atom is 0.240 e. The molecule has 1 saturated heterocycles. The van der Waals surface area contributed by atoms with Gasteiger partial charge in [0.2, 0.25) is 15.9 Å². The minimum atomic E-state index is -3.40. The van der Waals surface area contributed by atoms with Crippen LogP contribution in [0.1, 0.15) is 37.7 Å². The van der Waals surface area contributed by atoms with E-state index in [-0.39, 0.29) is 11.9 Å². The first-order chi connectivity index (χ1) is 12.5. The molecule has 1 unspecified atom stereocenters. The van der Waals surface area contributed by atoms with Gasteiger partial charge >= 0.3 is 0 Å². The summed E-state index contributed by atoms with van der Waals surface area (Å²) in [5, 5.41) is 3.20. The van der Waals surface area contributed by atoms with E-state index in [4.69, 9.17) is 0 Å². The SMILES string of the molecule is CNCC1CCCN(C(=O)CCc2ccc(S(=O)(=O)NC3CC3)cc2)C1. The molecule has 1 saturated carbocycles. The van der Waals surface area contributed by atoms with Crippen molar-refractivity contribution in [1.29, 1.82) is 0 Å². The Morgan fingerprint density at radius 1 is 1.19 bits per heavy atom. The molecular weight excluding hydrogens is 350 g/mol. The fourth-order valence-electron chi connectivity index (χ4n) is 3.48. The Hall–Kier alpha value is -1.44. The molecule has 7 heteroatoms. The van der Waals surface area contributed by atoms with Crippen molar-refractivity contribution < 1.29 is 13.2 Å². The number of rotatable bonds is 8. The molecule has 3 rings (SSSR count). The smallest absolute Gasteiger partial charge is 0.240 e. The summed E-state index contributed by atoms with van der Waals surface area (Å²) in [5.41, 5.74) is 0.993. The van der Waals surface area contributed by atoms with Crippen molar-refractivity contribution in [3.8, 4) is 0 Å². The highest BCUT2D eigenvalue weighted by Crippen LogP contribution is 2.22. The van der Waals surface area contributed by atoms with Gasteiger partial charge in [-0.05, 0) is 69.3 Å².